The Labute approximate surface area is 264 Å². The summed E-state index contributed by atoms with van der Waals surface area (Å²) in [5.41, 5.74) is 1.34. The lowest BCUT2D eigenvalue weighted by Crippen LogP contribution is -2.30. The van der Waals surface area contributed by atoms with E-state index in [1.54, 1.807) is 54.6 Å². The molecule has 0 unspecified atom stereocenters. The molecule has 0 spiro atoms. The highest BCUT2D eigenvalue weighted by Gasteiger charge is 2.19. The highest BCUT2D eigenvalue weighted by Crippen LogP contribution is 2.35. The molecule has 0 saturated carbocycles. The van der Waals surface area contributed by atoms with Gasteiger partial charge in [0.1, 0.15) is 12.4 Å². The molecule has 0 radical (unpaired) electrons. The van der Waals surface area contributed by atoms with E-state index in [0.717, 1.165) is 11.8 Å². The minimum absolute atomic E-state index is 0.0680. The topological polar surface area (TPSA) is 107 Å². The van der Waals surface area contributed by atoms with Crippen LogP contribution in [0.25, 0.3) is 0 Å². The van der Waals surface area contributed by atoms with Crippen LogP contribution in [0.2, 0.25) is 0 Å². The van der Waals surface area contributed by atoms with Crippen molar-refractivity contribution in [2.45, 2.75) is 22.6 Å². The number of nitrogens with zero attached hydrogens (tertiary/aromatic N) is 2. The normalized spacial score (nSPS) is 10.7. The second-order valence-electron chi connectivity index (χ2n) is 9.91. The van der Waals surface area contributed by atoms with Gasteiger partial charge in [-0.3, -0.25) is 24.6 Å². The van der Waals surface area contributed by atoms with Crippen LogP contribution in [-0.4, -0.2) is 53.6 Å². The number of ether oxygens (including phenoxy) is 1. The van der Waals surface area contributed by atoms with Gasteiger partial charge in [0.05, 0.1) is 21.9 Å². The van der Waals surface area contributed by atoms with Gasteiger partial charge in [-0.2, -0.15) is 0 Å². The average Bonchev–Trinajstić information content (AvgIpc) is 3.06. The van der Waals surface area contributed by atoms with Crippen molar-refractivity contribution in [3.8, 4) is 12.3 Å². The third-order valence-corrected chi connectivity index (χ3v) is 7.84. The van der Waals surface area contributed by atoms with Gasteiger partial charge in [-0.1, -0.05) is 60.1 Å². The van der Waals surface area contributed by atoms with Crippen LogP contribution in [0.5, 0.6) is 0 Å². The lowest BCUT2D eigenvalue weighted by molar-refractivity contribution is -0.387. The molecule has 4 aromatic rings. The molecule has 0 aliphatic heterocycles. The Kier molecular flexibility index (Phi) is 11.7. The van der Waals surface area contributed by atoms with Gasteiger partial charge in [-0.05, 0) is 61.5 Å². The Morgan fingerprint density at radius 1 is 0.867 bits per heavy atom. The fourth-order valence-corrected chi connectivity index (χ4v) is 5.32. The zero-order valence-corrected chi connectivity index (χ0v) is 25.0. The molecule has 45 heavy (non-hydrogen) atoms. The first-order valence-corrected chi connectivity index (χ1v) is 14.8. The predicted molar refractivity (Wildman–Crippen MR) is 169 cm³/mol. The highest BCUT2D eigenvalue weighted by molar-refractivity contribution is 7.99. The van der Waals surface area contributed by atoms with Crippen LogP contribution >= 0.6 is 11.8 Å². The van der Waals surface area contributed by atoms with E-state index in [9.17, 15) is 28.9 Å². The molecular formula is C35H29FN2O6S. The van der Waals surface area contributed by atoms with E-state index in [1.807, 2.05) is 11.0 Å². The maximum absolute atomic E-state index is 13.2. The lowest BCUT2D eigenvalue weighted by atomic mass is 10.0. The highest BCUT2D eigenvalue weighted by atomic mass is 32.2. The van der Waals surface area contributed by atoms with Crippen molar-refractivity contribution in [2.75, 3.05) is 26.2 Å². The molecule has 0 aliphatic rings. The van der Waals surface area contributed by atoms with Gasteiger partial charge in [0.2, 0.25) is 0 Å². The summed E-state index contributed by atoms with van der Waals surface area (Å²) in [6.45, 7) is 1.14. The summed E-state index contributed by atoms with van der Waals surface area (Å²) < 4.78 is 18.6. The maximum Gasteiger partial charge on any atom is 0.338 e. The van der Waals surface area contributed by atoms with Gasteiger partial charge in [-0.25, -0.2) is 9.18 Å². The summed E-state index contributed by atoms with van der Waals surface area (Å²) in [5.74, 6) is 1.22. The molecule has 4 rings (SSSR count). The number of ketones is 2. The predicted octanol–water partition coefficient (Wildman–Crippen LogP) is 6.87. The summed E-state index contributed by atoms with van der Waals surface area (Å²) >= 11 is 1.11. The summed E-state index contributed by atoms with van der Waals surface area (Å²) in [5, 5.41) is 11.7. The third kappa shape index (κ3) is 9.44. The summed E-state index contributed by atoms with van der Waals surface area (Å²) in [6.07, 6.45) is 6.07. The molecule has 0 atom stereocenters. The van der Waals surface area contributed by atoms with Crippen LogP contribution in [0, 0.1) is 28.3 Å². The number of Topliss-reactive ketones (excluding diaryl/α,β-unsaturated/α-hetero) is 1. The minimum Gasteiger partial charge on any atom is -0.461 e. The summed E-state index contributed by atoms with van der Waals surface area (Å²) in [6, 6.07) is 25.0. The van der Waals surface area contributed by atoms with E-state index in [-0.39, 0.29) is 42.4 Å². The number of hydrogen-bond acceptors (Lipinski definition) is 8. The molecule has 0 amide bonds. The van der Waals surface area contributed by atoms with Crippen LogP contribution in [0.15, 0.2) is 107 Å². The number of hydrogen-bond donors (Lipinski definition) is 0. The van der Waals surface area contributed by atoms with E-state index < -0.39 is 16.7 Å². The molecule has 0 fully saturated rings. The Bertz CT molecular complexity index is 1700. The Morgan fingerprint density at radius 3 is 2.18 bits per heavy atom. The Hall–Kier alpha value is -5.11. The number of nitro benzene ring substituents is 1. The number of esters is 1. The molecule has 0 saturated heterocycles. The van der Waals surface area contributed by atoms with Crippen molar-refractivity contribution in [1.82, 2.24) is 4.90 Å². The van der Waals surface area contributed by atoms with Crippen LogP contribution in [-0.2, 0) is 4.74 Å². The molecule has 0 bridgehead atoms. The molecule has 8 nitrogen and oxygen atoms in total. The molecule has 228 valence electrons. The van der Waals surface area contributed by atoms with Crippen molar-refractivity contribution >= 4 is 35.0 Å². The van der Waals surface area contributed by atoms with Gasteiger partial charge in [-0.15, -0.1) is 6.42 Å². The molecular weight excluding hydrogens is 595 g/mol. The second-order valence-corrected chi connectivity index (χ2v) is 11.0. The molecule has 4 aromatic carbocycles. The van der Waals surface area contributed by atoms with E-state index in [2.05, 4.69) is 5.92 Å². The van der Waals surface area contributed by atoms with Crippen molar-refractivity contribution < 1.29 is 28.4 Å². The fourth-order valence-electron chi connectivity index (χ4n) is 4.42. The first-order chi connectivity index (χ1) is 21.7. The van der Waals surface area contributed by atoms with Gasteiger partial charge in [0.15, 0.2) is 11.6 Å². The molecule has 0 heterocycles. The number of carbonyl (C=O) groups is 3. The summed E-state index contributed by atoms with van der Waals surface area (Å²) in [7, 11) is 0. The zero-order chi connectivity index (χ0) is 32.2. The Morgan fingerprint density at radius 2 is 1.51 bits per heavy atom. The third-order valence-electron chi connectivity index (χ3n) is 6.77. The zero-order valence-electron chi connectivity index (χ0n) is 24.2. The van der Waals surface area contributed by atoms with Crippen LogP contribution in [0.1, 0.15) is 49.5 Å². The van der Waals surface area contributed by atoms with E-state index in [4.69, 9.17) is 11.2 Å². The van der Waals surface area contributed by atoms with Gasteiger partial charge in [0, 0.05) is 40.6 Å². The van der Waals surface area contributed by atoms with Crippen LogP contribution in [0.3, 0.4) is 0 Å². The van der Waals surface area contributed by atoms with Gasteiger partial charge in [0.25, 0.3) is 5.69 Å². The number of terminal acetylenes is 1. The number of nitro groups is 1. The van der Waals surface area contributed by atoms with Gasteiger partial charge >= 0.3 is 5.97 Å². The van der Waals surface area contributed by atoms with Crippen molar-refractivity contribution in [2.24, 2.45) is 0 Å². The van der Waals surface area contributed by atoms with Crippen molar-refractivity contribution in [1.29, 1.82) is 0 Å². The largest absolute Gasteiger partial charge is 0.461 e. The molecule has 0 N–H and O–H groups in total. The number of carbonyl (C=O) groups excluding carboxylic acids is 3. The van der Waals surface area contributed by atoms with E-state index in [0.29, 0.717) is 46.0 Å². The first-order valence-electron chi connectivity index (χ1n) is 14.0. The second kappa shape index (κ2) is 16.1. The Balaban J connectivity index is 1.25. The lowest BCUT2D eigenvalue weighted by Gasteiger charge is -2.19. The molecule has 0 aliphatic carbocycles. The van der Waals surface area contributed by atoms with Crippen LogP contribution < -0.4 is 0 Å². The minimum atomic E-state index is -0.544. The SMILES string of the molecule is C#CCN(CCCC(=O)c1ccc(Sc2ccc(F)cc2)c([N+](=O)[O-])c1)CCOC(=O)c1ccc(C(=O)c2ccccc2)cc1. The van der Waals surface area contributed by atoms with Crippen molar-refractivity contribution in [3.63, 3.8) is 0 Å². The maximum atomic E-state index is 13.2. The first kappa shape index (κ1) is 32.8. The quantitative estimate of drug-likeness (QED) is 0.0464. The van der Waals surface area contributed by atoms with E-state index >= 15 is 0 Å². The average molecular weight is 625 g/mol. The van der Waals surface area contributed by atoms with Gasteiger partial charge < -0.3 is 4.74 Å². The smallest absolute Gasteiger partial charge is 0.338 e. The van der Waals surface area contributed by atoms with Crippen LogP contribution in [0.4, 0.5) is 10.1 Å². The number of halogens is 1. The standard InChI is InChI=1S/C35H29FN2O6S/c1-2-20-37(22-23-44-35(41)27-12-10-26(11-13-27)34(40)25-7-4-3-5-8-25)21-6-9-32(39)28-14-19-33(31(24-28)38(42)43)45-30-17-15-29(36)16-18-30/h1,3-5,7-8,10-19,24H,6,9,20-23H2. The monoisotopic (exact) mass is 624 g/mol. The van der Waals surface area contributed by atoms with E-state index in [1.165, 1.54) is 36.4 Å². The molecule has 0 aromatic heterocycles. The molecule has 10 heteroatoms. The van der Waals surface area contributed by atoms with Crippen molar-refractivity contribution in [3.05, 3.63) is 135 Å². The summed E-state index contributed by atoms with van der Waals surface area (Å²) in [4.78, 5) is 52.0. The fraction of sp³-hybridized carbons (Fsp3) is 0.171. The number of rotatable bonds is 15. The number of benzene rings is 4.